The van der Waals surface area contributed by atoms with Crippen molar-refractivity contribution in [3.8, 4) is 11.5 Å². The number of nitrogens with zero attached hydrogens (tertiary/aromatic N) is 2. The smallest absolute Gasteiger partial charge is 0.233 e. The Morgan fingerprint density at radius 3 is 1.50 bits per heavy atom. The minimum atomic E-state index is -0.448. The van der Waals surface area contributed by atoms with Gasteiger partial charge in [0.15, 0.2) is 10.3 Å². The van der Waals surface area contributed by atoms with E-state index in [4.69, 9.17) is 9.47 Å². The summed E-state index contributed by atoms with van der Waals surface area (Å²) >= 11 is 2.90. The summed E-state index contributed by atoms with van der Waals surface area (Å²) in [5, 5.41) is 11.1. The number of fused-ring (bicyclic) bond motifs is 2. The number of thiazole rings is 2. The second-order valence-corrected chi connectivity index (χ2v) is 14.4. The van der Waals surface area contributed by atoms with Gasteiger partial charge in [-0.05, 0) is 97.9 Å². The molecule has 2 amide bonds. The molecule has 0 spiro atoms. The first-order chi connectivity index (χ1) is 22.2. The van der Waals surface area contributed by atoms with Crippen molar-refractivity contribution >= 4 is 44.8 Å². The molecule has 0 unspecified atom stereocenters. The Labute approximate surface area is 280 Å². The van der Waals surface area contributed by atoms with Gasteiger partial charge in [0.1, 0.15) is 11.5 Å². The molecule has 0 saturated carbocycles. The Bertz CT molecular complexity index is 1520. The Morgan fingerprint density at radius 1 is 0.761 bits per heavy atom. The number of aromatic nitrogens is 2. The van der Waals surface area contributed by atoms with Gasteiger partial charge in [0.05, 0.1) is 25.0 Å². The normalized spacial score (nSPS) is 22.7. The summed E-state index contributed by atoms with van der Waals surface area (Å²) < 4.78 is 10.7. The molecule has 2 aromatic carbocycles. The molecule has 0 bridgehead atoms. The zero-order chi connectivity index (χ0) is 32.9. The van der Waals surface area contributed by atoms with Gasteiger partial charge in [0.25, 0.3) is 0 Å². The molecule has 6 rings (SSSR count). The zero-order valence-electron chi connectivity index (χ0n) is 27.5. The number of ether oxygens (including phenoxy) is 2. The summed E-state index contributed by atoms with van der Waals surface area (Å²) in [5.74, 6) is 2.24. The summed E-state index contributed by atoms with van der Waals surface area (Å²) in [6.45, 7) is 8.47. The topological polar surface area (TPSA) is 102 Å². The third-order valence-electron chi connectivity index (χ3n) is 9.61. The van der Waals surface area contributed by atoms with E-state index in [9.17, 15) is 9.59 Å². The molecular weight excluding hydrogens is 617 g/mol. The van der Waals surface area contributed by atoms with E-state index >= 15 is 0 Å². The van der Waals surface area contributed by atoms with Crippen LogP contribution in [-0.2, 0) is 22.4 Å². The first-order valence-corrected chi connectivity index (χ1v) is 17.7. The molecule has 46 heavy (non-hydrogen) atoms. The van der Waals surface area contributed by atoms with Crippen molar-refractivity contribution in [2.45, 2.75) is 78.1 Å². The summed E-state index contributed by atoms with van der Waals surface area (Å²) in [4.78, 5) is 34.3. The Balaban J connectivity index is 0.000000181. The monoisotopic (exact) mass is 660 g/mol. The Morgan fingerprint density at radius 2 is 1.17 bits per heavy atom. The predicted molar refractivity (Wildman–Crippen MR) is 186 cm³/mol. The van der Waals surface area contributed by atoms with E-state index in [1.54, 1.807) is 26.6 Å². The van der Waals surface area contributed by atoms with Crippen molar-refractivity contribution < 1.29 is 19.1 Å². The first-order valence-electron chi connectivity index (χ1n) is 15.9. The predicted octanol–water partition coefficient (Wildman–Crippen LogP) is 8.47. The lowest BCUT2D eigenvalue weighted by atomic mass is 9.75. The number of hydrogen-bond acceptors (Lipinski definition) is 8. The highest BCUT2D eigenvalue weighted by atomic mass is 32.1. The fourth-order valence-electron chi connectivity index (χ4n) is 7.15. The molecule has 4 atom stereocenters. The van der Waals surface area contributed by atoms with Crippen LogP contribution in [0.3, 0.4) is 0 Å². The minimum absolute atomic E-state index is 0.0565. The molecule has 2 N–H and O–H groups in total. The van der Waals surface area contributed by atoms with E-state index in [2.05, 4.69) is 72.6 Å². The van der Waals surface area contributed by atoms with Gasteiger partial charge >= 0.3 is 0 Å². The van der Waals surface area contributed by atoms with Crippen molar-refractivity contribution in [1.82, 2.24) is 9.97 Å². The van der Waals surface area contributed by atoms with Gasteiger partial charge in [0, 0.05) is 23.2 Å². The number of nitrogens with one attached hydrogen (secondary N) is 2. The molecule has 4 aromatic rings. The maximum absolute atomic E-state index is 13.0. The van der Waals surface area contributed by atoms with E-state index in [1.165, 1.54) is 44.9 Å². The van der Waals surface area contributed by atoms with Gasteiger partial charge in [-0.1, -0.05) is 38.8 Å². The lowest BCUT2D eigenvalue weighted by Gasteiger charge is -2.30. The molecule has 244 valence electrons. The van der Waals surface area contributed by atoms with Crippen LogP contribution in [0.5, 0.6) is 11.5 Å². The summed E-state index contributed by atoms with van der Waals surface area (Å²) in [7, 11) is 3.36. The largest absolute Gasteiger partial charge is 0.497 e. The second kappa shape index (κ2) is 14.3. The van der Waals surface area contributed by atoms with E-state index in [1.807, 2.05) is 22.9 Å². The maximum atomic E-state index is 13.0. The summed E-state index contributed by atoms with van der Waals surface area (Å²) in [5.41, 5.74) is 4.11. The highest BCUT2D eigenvalue weighted by molar-refractivity contribution is 7.14. The first kappa shape index (κ1) is 33.6. The zero-order valence-corrected chi connectivity index (χ0v) is 29.1. The van der Waals surface area contributed by atoms with E-state index < -0.39 is 10.8 Å². The third kappa shape index (κ3) is 6.69. The number of carbonyl (C=O) groups is 2. The molecule has 0 fully saturated rings. The van der Waals surface area contributed by atoms with Crippen LogP contribution in [0.1, 0.15) is 87.5 Å². The molecular formula is C36H44N4O4S2. The molecule has 0 radical (unpaired) electrons. The fraction of sp³-hybridized carbons (Fsp3) is 0.444. The number of anilines is 2. The fourth-order valence-corrected chi connectivity index (χ4v) is 8.20. The van der Waals surface area contributed by atoms with Crippen LogP contribution < -0.4 is 20.1 Å². The molecule has 2 heterocycles. The van der Waals surface area contributed by atoms with Crippen LogP contribution in [0.25, 0.3) is 0 Å². The summed E-state index contributed by atoms with van der Waals surface area (Å²) in [6.07, 6.45) is 9.00. The van der Waals surface area contributed by atoms with Crippen LogP contribution in [0.4, 0.5) is 10.3 Å². The van der Waals surface area contributed by atoms with Gasteiger partial charge in [-0.2, -0.15) is 0 Å². The quantitative estimate of drug-likeness (QED) is 0.177. The average molecular weight is 661 g/mol. The van der Waals surface area contributed by atoms with E-state index in [0.717, 1.165) is 50.0 Å². The molecule has 2 aliphatic rings. The second-order valence-electron chi connectivity index (χ2n) is 12.6. The highest BCUT2D eigenvalue weighted by Gasteiger charge is 2.49. The van der Waals surface area contributed by atoms with Crippen LogP contribution in [-0.4, -0.2) is 36.0 Å². The minimum Gasteiger partial charge on any atom is -0.497 e. The van der Waals surface area contributed by atoms with Gasteiger partial charge in [-0.3, -0.25) is 9.59 Å². The van der Waals surface area contributed by atoms with Gasteiger partial charge in [0.2, 0.25) is 11.8 Å². The van der Waals surface area contributed by atoms with Crippen molar-refractivity contribution in [3.63, 3.8) is 0 Å². The number of amides is 2. The van der Waals surface area contributed by atoms with E-state index in [-0.39, 0.29) is 23.7 Å². The maximum Gasteiger partial charge on any atom is 0.233 e. The van der Waals surface area contributed by atoms with Gasteiger partial charge in [-0.15, -0.1) is 22.7 Å². The lowest BCUT2D eigenvalue weighted by molar-refractivity contribution is -0.126. The average Bonchev–Trinajstić information content (AvgIpc) is 3.86. The van der Waals surface area contributed by atoms with Crippen molar-refractivity contribution in [1.29, 1.82) is 0 Å². The van der Waals surface area contributed by atoms with Crippen molar-refractivity contribution in [2.24, 2.45) is 10.8 Å². The van der Waals surface area contributed by atoms with Gasteiger partial charge in [-0.25, -0.2) is 9.97 Å². The standard InChI is InChI=1S/2C18H22N2O2S/c2*1-4-5-15-14-10-13(22-3)7-6-12(14)11-18(15,2)16(21)20-17-19-8-9-23-17/h2*6-10,15H,4-5,11H2,1-3H3,(H,19,20,21)/t15-,18+;15-,18-/m00/s1. The number of hydrogen-bond donors (Lipinski definition) is 2. The molecule has 0 aliphatic heterocycles. The highest BCUT2D eigenvalue weighted by Crippen LogP contribution is 2.52. The molecule has 10 heteroatoms. The molecule has 8 nitrogen and oxygen atoms in total. The van der Waals surface area contributed by atoms with Crippen LogP contribution >= 0.6 is 22.7 Å². The summed E-state index contributed by atoms with van der Waals surface area (Å²) in [6, 6.07) is 12.3. The van der Waals surface area contributed by atoms with Crippen LogP contribution in [0.15, 0.2) is 59.6 Å². The van der Waals surface area contributed by atoms with Gasteiger partial charge < -0.3 is 20.1 Å². The Hall–Kier alpha value is -3.76. The number of rotatable bonds is 10. The Kier molecular flexibility index (Phi) is 10.5. The molecule has 2 aromatic heterocycles. The lowest BCUT2D eigenvalue weighted by Crippen LogP contribution is -2.37. The van der Waals surface area contributed by atoms with E-state index in [0.29, 0.717) is 10.3 Å². The van der Waals surface area contributed by atoms with Crippen LogP contribution in [0, 0.1) is 10.8 Å². The number of methoxy groups -OCH3 is 2. The van der Waals surface area contributed by atoms with Crippen molar-refractivity contribution in [3.05, 3.63) is 81.8 Å². The third-order valence-corrected chi connectivity index (χ3v) is 11.0. The number of benzene rings is 2. The van der Waals surface area contributed by atoms with Crippen LogP contribution in [0.2, 0.25) is 0 Å². The SMILES string of the molecule is CCC[C@H]1c2cc(OC)ccc2C[C@@]1(C)C(=O)Nc1nccs1.CCC[C@H]1c2cc(OC)ccc2C[C@]1(C)C(=O)Nc1nccs1. The van der Waals surface area contributed by atoms with Crippen molar-refractivity contribution in [2.75, 3.05) is 24.9 Å². The molecule has 2 aliphatic carbocycles. The molecule has 0 saturated heterocycles. The number of carbonyl (C=O) groups excluding carboxylic acids is 2.